The highest BCUT2D eigenvalue weighted by molar-refractivity contribution is 5.87. The molecule has 0 bridgehead atoms. The van der Waals surface area contributed by atoms with Crippen LogP contribution in [0.3, 0.4) is 0 Å². The van der Waals surface area contributed by atoms with Gasteiger partial charge in [0.05, 0.1) is 26.0 Å². The maximum atomic E-state index is 13.4. The molecule has 0 saturated carbocycles. The number of hydrogen-bond donors (Lipinski definition) is 0. The molecule has 0 amide bonds. The van der Waals surface area contributed by atoms with Crippen molar-refractivity contribution in [1.82, 2.24) is 9.55 Å². The maximum Gasteiger partial charge on any atom is 0.354 e. The summed E-state index contributed by atoms with van der Waals surface area (Å²) in [5.74, 6) is -2.06. The lowest BCUT2D eigenvalue weighted by atomic mass is 10.2. The fourth-order valence-electron chi connectivity index (χ4n) is 1.60. The molecule has 2 aromatic rings. The second kappa shape index (κ2) is 4.95. The lowest BCUT2D eigenvalue weighted by Gasteiger charge is -2.09. The van der Waals surface area contributed by atoms with E-state index in [1.54, 1.807) is 12.3 Å². The van der Waals surface area contributed by atoms with E-state index in [0.717, 1.165) is 12.4 Å². The van der Waals surface area contributed by atoms with Crippen LogP contribution in [0.1, 0.15) is 16.1 Å². The number of hydrogen-bond acceptors (Lipinski definition) is 3. The lowest BCUT2D eigenvalue weighted by molar-refractivity contribution is 0.0589. The van der Waals surface area contributed by atoms with E-state index in [1.165, 1.54) is 17.7 Å². The minimum atomic E-state index is -0.750. The number of aromatic nitrogens is 2. The number of ether oxygens (including phenoxy) is 1. The minimum Gasteiger partial charge on any atom is -0.464 e. The Kier molecular flexibility index (Phi) is 3.36. The minimum absolute atomic E-state index is 0.0996. The van der Waals surface area contributed by atoms with Gasteiger partial charge < -0.3 is 9.30 Å². The Hall–Kier alpha value is -2.24. The number of esters is 1. The molecule has 4 nitrogen and oxygen atoms in total. The molecule has 0 aromatic carbocycles. The van der Waals surface area contributed by atoms with Crippen LogP contribution in [0.15, 0.2) is 30.7 Å². The van der Waals surface area contributed by atoms with Gasteiger partial charge in [0.15, 0.2) is 0 Å². The van der Waals surface area contributed by atoms with Gasteiger partial charge >= 0.3 is 5.97 Å². The molecule has 0 radical (unpaired) electrons. The Bertz CT molecular complexity index is 561. The lowest BCUT2D eigenvalue weighted by Crippen LogP contribution is -2.12. The number of carbonyl (C=O) groups excluding carboxylic acids is 1. The van der Waals surface area contributed by atoms with Crippen molar-refractivity contribution in [3.05, 3.63) is 53.6 Å². The van der Waals surface area contributed by atoms with Crippen molar-refractivity contribution < 1.29 is 18.3 Å². The van der Waals surface area contributed by atoms with Gasteiger partial charge in [0.25, 0.3) is 0 Å². The van der Waals surface area contributed by atoms with E-state index >= 15 is 0 Å². The number of halogens is 2. The molecule has 2 heterocycles. The molecule has 94 valence electrons. The highest BCUT2D eigenvalue weighted by atomic mass is 19.1. The Morgan fingerprint density at radius 3 is 2.67 bits per heavy atom. The van der Waals surface area contributed by atoms with Crippen molar-refractivity contribution in [2.24, 2.45) is 0 Å². The number of rotatable bonds is 3. The molecule has 0 aliphatic heterocycles. The third-order valence-electron chi connectivity index (χ3n) is 2.50. The van der Waals surface area contributed by atoms with Crippen molar-refractivity contribution >= 4 is 5.97 Å². The van der Waals surface area contributed by atoms with Crippen molar-refractivity contribution in [3.63, 3.8) is 0 Å². The van der Waals surface area contributed by atoms with Gasteiger partial charge in [-0.15, -0.1) is 0 Å². The second-order valence-electron chi connectivity index (χ2n) is 3.59. The first-order chi connectivity index (χ1) is 8.63. The molecule has 0 aliphatic carbocycles. The van der Waals surface area contributed by atoms with Gasteiger partial charge in [-0.05, 0) is 12.1 Å². The molecule has 0 unspecified atom stereocenters. The van der Waals surface area contributed by atoms with E-state index in [-0.39, 0.29) is 17.8 Å². The average Bonchev–Trinajstić information content (AvgIpc) is 2.81. The van der Waals surface area contributed by atoms with Gasteiger partial charge in [-0.3, -0.25) is 4.98 Å². The summed E-state index contributed by atoms with van der Waals surface area (Å²) in [6, 6.07) is 3.12. The van der Waals surface area contributed by atoms with Crippen LogP contribution >= 0.6 is 0 Å². The van der Waals surface area contributed by atoms with Crippen LogP contribution in [-0.2, 0) is 11.3 Å². The first kappa shape index (κ1) is 12.2. The standard InChI is InChI=1S/C12H10F2N2O2/c1-18-12(17)11-3-2-4-16(11)7-8-9(13)5-15-6-10(8)14/h2-6H,7H2,1H3. The predicted molar refractivity (Wildman–Crippen MR) is 59.0 cm³/mol. The molecule has 0 fully saturated rings. The zero-order chi connectivity index (χ0) is 13.1. The van der Waals surface area contributed by atoms with Crippen molar-refractivity contribution in [3.8, 4) is 0 Å². The van der Waals surface area contributed by atoms with Crippen LogP contribution in [0, 0.1) is 11.6 Å². The van der Waals surface area contributed by atoms with Crippen LogP contribution in [0.2, 0.25) is 0 Å². The largest absolute Gasteiger partial charge is 0.464 e. The van der Waals surface area contributed by atoms with Crippen LogP contribution < -0.4 is 0 Å². The molecule has 2 aromatic heterocycles. The number of nitrogens with zero attached hydrogens (tertiary/aromatic N) is 2. The zero-order valence-electron chi connectivity index (χ0n) is 9.56. The molecule has 2 rings (SSSR count). The van der Waals surface area contributed by atoms with Crippen molar-refractivity contribution in [2.75, 3.05) is 7.11 Å². The maximum absolute atomic E-state index is 13.4. The predicted octanol–water partition coefficient (Wildman–Crippen LogP) is 2.00. The third kappa shape index (κ3) is 2.22. The molecule has 0 aliphatic rings. The first-order valence-electron chi connectivity index (χ1n) is 5.15. The van der Waals surface area contributed by atoms with E-state index in [4.69, 9.17) is 0 Å². The van der Waals surface area contributed by atoms with Gasteiger partial charge in [-0.25, -0.2) is 13.6 Å². The van der Waals surface area contributed by atoms with Gasteiger partial charge in [0, 0.05) is 11.8 Å². The molecular formula is C12H10F2N2O2. The highest BCUT2D eigenvalue weighted by Gasteiger charge is 2.15. The molecular weight excluding hydrogens is 242 g/mol. The third-order valence-corrected chi connectivity index (χ3v) is 2.50. The van der Waals surface area contributed by atoms with Crippen LogP contribution in [0.25, 0.3) is 0 Å². The van der Waals surface area contributed by atoms with Crippen molar-refractivity contribution in [2.45, 2.75) is 6.54 Å². The van der Waals surface area contributed by atoms with E-state index < -0.39 is 17.6 Å². The van der Waals surface area contributed by atoms with Crippen molar-refractivity contribution in [1.29, 1.82) is 0 Å². The van der Waals surface area contributed by atoms with Crippen LogP contribution in [0.5, 0.6) is 0 Å². The summed E-state index contributed by atoms with van der Waals surface area (Å²) in [5.41, 5.74) is 0.0828. The molecule has 0 spiro atoms. The molecule has 0 saturated heterocycles. The van der Waals surface area contributed by atoms with E-state index in [1.807, 2.05) is 0 Å². The fourth-order valence-corrected chi connectivity index (χ4v) is 1.60. The second-order valence-corrected chi connectivity index (χ2v) is 3.59. The highest BCUT2D eigenvalue weighted by Crippen LogP contribution is 2.14. The summed E-state index contributed by atoms with van der Waals surface area (Å²) in [6.07, 6.45) is 3.41. The van der Waals surface area contributed by atoms with Gasteiger partial charge in [-0.2, -0.15) is 0 Å². The SMILES string of the molecule is COC(=O)c1cccn1Cc1c(F)cncc1F. The zero-order valence-corrected chi connectivity index (χ0v) is 9.56. The Morgan fingerprint density at radius 1 is 1.39 bits per heavy atom. The fraction of sp³-hybridized carbons (Fsp3) is 0.167. The van der Waals surface area contributed by atoms with E-state index in [0.29, 0.717) is 0 Å². The van der Waals surface area contributed by atoms with Crippen LogP contribution in [0.4, 0.5) is 8.78 Å². The average molecular weight is 252 g/mol. The number of methoxy groups -OCH3 is 1. The normalized spacial score (nSPS) is 10.4. The quantitative estimate of drug-likeness (QED) is 0.785. The van der Waals surface area contributed by atoms with Gasteiger partial charge in [0.1, 0.15) is 17.3 Å². The summed E-state index contributed by atoms with van der Waals surface area (Å²) >= 11 is 0. The monoisotopic (exact) mass is 252 g/mol. The molecule has 6 heteroatoms. The molecule has 0 atom stereocenters. The molecule has 18 heavy (non-hydrogen) atoms. The summed E-state index contributed by atoms with van der Waals surface area (Å²) in [7, 11) is 1.24. The Morgan fingerprint density at radius 2 is 2.06 bits per heavy atom. The summed E-state index contributed by atoms with van der Waals surface area (Å²) in [4.78, 5) is 14.8. The van der Waals surface area contributed by atoms with Gasteiger partial charge in [-0.1, -0.05) is 0 Å². The number of pyridine rings is 1. The summed E-state index contributed by atoms with van der Waals surface area (Å²) in [6.45, 7) is -0.0996. The number of carbonyl (C=O) groups is 1. The summed E-state index contributed by atoms with van der Waals surface area (Å²) < 4.78 is 32.8. The van der Waals surface area contributed by atoms with E-state index in [9.17, 15) is 13.6 Å². The van der Waals surface area contributed by atoms with Gasteiger partial charge in [0.2, 0.25) is 0 Å². The smallest absolute Gasteiger partial charge is 0.354 e. The van der Waals surface area contributed by atoms with Crippen LogP contribution in [-0.4, -0.2) is 22.6 Å². The molecule has 0 N–H and O–H groups in total. The summed E-state index contributed by atoms with van der Waals surface area (Å²) in [5, 5.41) is 0. The Labute approximate surface area is 102 Å². The first-order valence-corrected chi connectivity index (χ1v) is 5.15. The topological polar surface area (TPSA) is 44.1 Å². The van der Waals surface area contributed by atoms with E-state index in [2.05, 4.69) is 9.72 Å². The Balaban J connectivity index is 2.35.